The van der Waals surface area contributed by atoms with E-state index in [-0.39, 0.29) is 11.3 Å². The normalized spacial score (nSPS) is 10.6. The van der Waals surface area contributed by atoms with E-state index in [0.717, 1.165) is 5.56 Å². The zero-order valence-electron chi connectivity index (χ0n) is 14.4. The van der Waals surface area contributed by atoms with Crippen molar-refractivity contribution in [3.8, 4) is 11.3 Å². The highest BCUT2D eigenvalue weighted by molar-refractivity contribution is 6.30. The molecular weight excluding hydrogens is 370 g/mol. The van der Waals surface area contributed by atoms with Gasteiger partial charge in [0.2, 0.25) is 5.91 Å². The Hall–Kier alpha value is -3.32. The molecular formula is C19H16ClN3O4. The van der Waals surface area contributed by atoms with E-state index in [1.165, 1.54) is 18.2 Å². The van der Waals surface area contributed by atoms with Crippen molar-refractivity contribution >= 4 is 28.9 Å². The fourth-order valence-electron chi connectivity index (χ4n) is 2.70. The van der Waals surface area contributed by atoms with Crippen molar-refractivity contribution in [1.29, 1.82) is 0 Å². The molecule has 0 unspecified atom stereocenters. The lowest BCUT2D eigenvalue weighted by Crippen LogP contribution is -2.18. The minimum Gasteiger partial charge on any atom is -0.459 e. The van der Waals surface area contributed by atoms with Gasteiger partial charge in [0.25, 0.3) is 5.69 Å². The van der Waals surface area contributed by atoms with Crippen LogP contribution >= 0.6 is 11.6 Å². The molecule has 0 spiro atoms. The highest BCUT2D eigenvalue weighted by atomic mass is 35.5. The number of hydrogen-bond donors (Lipinski definition) is 1. The summed E-state index contributed by atoms with van der Waals surface area (Å²) in [4.78, 5) is 23.8. The number of carbonyl (C=O) groups is 1. The number of primary amides is 1. The topological polar surface area (TPSA) is 103 Å². The highest BCUT2D eigenvalue weighted by Crippen LogP contribution is 2.30. The summed E-state index contributed by atoms with van der Waals surface area (Å²) in [5.41, 5.74) is 6.33. The minimum atomic E-state index is -0.717. The van der Waals surface area contributed by atoms with E-state index in [9.17, 15) is 14.9 Å². The third-order valence-corrected chi connectivity index (χ3v) is 4.30. The molecule has 1 aromatic heterocycles. The molecule has 2 N–H and O–H groups in total. The predicted molar refractivity (Wildman–Crippen MR) is 103 cm³/mol. The number of nitrogens with two attached hydrogens (primary N) is 1. The Kier molecular flexibility index (Phi) is 5.14. The Morgan fingerprint density at radius 1 is 1.19 bits per heavy atom. The van der Waals surface area contributed by atoms with Gasteiger partial charge < -0.3 is 15.1 Å². The standard InChI is InChI=1S/C19H16ClN3O4/c1-22(16-8-4-13(19(21)24)10-17(16)23(25)26)11-15-7-9-18(27-15)12-2-5-14(20)6-3-12/h2-10H,11H2,1H3,(H2,21,24). The van der Waals surface area contributed by atoms with E-state index in [2.05, 4.69) is 0 Å². The Labute approximate surface area is 160 Å². The van der Waals surface area contributed by atoms with Crippen molar-refractivity contribution in [1.82, 2.24) is 0 Å². The zero-order chi connectivity index (χ0) is 19.6. The average Bonchev–Trinajstić information content (AvgIpc) is 3.10. The van der Waals surface area contributed by atoms with E-state index in [1.807, 2.05) is 24.3 Å². The van der Waals surface area contributed by atoms with Gasteiger partial charge in [0.05, 0.1) is 11.5 Å². The monoisotopic (exact) mass is 385 g/mol. The molecule has 7 nitrogen and oxygen atoms in total. The number of halogens is 1. The molecule has 3 aromatic rings. The minimum absolute atomic E-state index is 0.0851. The van der Waals surface area contributed by atoms with Crippen molar-refractivity contribution in [3.63, 3.8) is 0 Å². The van der Waals surface area contributed by atoms with Gasteiger partial charge in [-0.15, -0.1) is 0 Å². The molecule has 0 saturated heterocycles. The molecule has 3 rings (SSSR count). The number of nitro benzene ring substituents is 1. The van der Waals surface area contributed by atoms with Crippen LogP contribution in [0.5, 0.6) is 0 Å². The van der Waals surface area contributed by atoms with Gasteiger partial charge in [0.1, 0.15) is 17.2 Å². The molecule has 8 heteroatoms. The van der Waals surface area contributed by atoms with E-state index in [1.54, 1.807) is 24.1 Å². The van der Waals surface area contributed by atoms with Gasteiger partial charge in [0, 0.05) is 29.3 Å². The summed E-state index contributed by atoms with van der Waals surface area (Å²) in [7, 11) is 1.71. The zero-order valence-corrected chi connectivity index (χ0v) is 15.1. The van der Waals surface area contributed by atoms with Crippen molar-refractivity contribution in [3.05, 3.63) is 81.1 Å². The van der Waals surface area contributed by atoms with Crippen LogP contribution in [0, 0.1) is 10.1 Å². The fraction of sp³-hybridized carbons (Fsp3) is 0.105. The fourth-order valence-corrected chi connectivity index (χ4v) is 2.82. The summed E-state index contributed by atoms with van der Waals surface area (Å²) in [5, 5.41) is 12.0. The quantitative estimate of drug-likeness (QED) is 0.504. The van der Waals surface area contributed by atoms with Crippen LogP contribution in [-0.2, 0) is 6.54 Å². The SMILES string of the molecule is CN(Cc1ccc(-c2ccc(Cl)cc2)o1)c1ccc(C(N)=O)cc1[N+](=O)[O-]. The van der Waals surface area contributed by atoms with Crippen LogP contribution in [0.4, 0.5) is 11.4 Å². The number of amides is 1. The van der Waals surface area contributed by atoms with Gasteiger partial charge in [-0.1, -0.05) is 11.6 Å². The van der Waals surface area contributed by atoms with Crippen LogP contribution in [0.1, 0.15) is 16.1 Å². The number of furan rings is 1. The number of rotatable bonds is 6. The lowest BCUT2D eigenvalue weighted by Gasteiger charge is -2.18. The van der Waals surface area contributed by atoms with Crippen LogP contribution in [-0.4, -0.2) is 17.9 Å². The smallest absolute Gasteiger partial charge is 0.293 e. The second kappa shape index (κ2) is 7.51. The number of nitro groups is 1. The number of hydrogen-bond acceptors (Lipinski definition) is 5. The average molecular weight is 386 g/mol. The van der Waals surface area contributed by atoms with Gasteiger partial charge in [-0.05, 0) is 48.5 Å². The third kappa shape index (κ3) is 4.09. The molecule has 0 radical (unpaired) electrons. The first-order valence-electron chi connectivity index (χ1n) is 7.99. The molecule has 1 amide bonds. The Balaban J connectivity index is 1.83. The van der Waals surface area contributed by atoms with Crippen LogP contribution in [0.3, 0.4) is 0 Å². The molecule has 0 aliphatic rings. The highest BCUT2D eigenvalue weighted by Gasteiger charge is 2.20. The first-order chi connectivity index (χ1) is 12.8. The second-order valence-corrected chi connectivity index (χ2v) is 6.39. The summed E-state index contributed by atoms with van der Waals surface area (Å²) in [6.07, 6.45) is 0. The molecule has 27 heavy (non-hydrogen) atoms. The number of anilines is 1. The van der Waals surface area contributed by atoms with Gasteiger partial charge in [-0.25, -0.2) is 0 Å². The maximum absolute atomic E-state index is 11.4. The summed E-state index contributed by atoms with van der Waals surface area (Å²) in [6, 6.07) is 15.0. The summed E-state index contributed by atoms with van der Waals surface area (Å²) in [5.74, 6) is 0.593. The first-order valence-corrected chi connectivity index (χ1v) is 8.37. The van der Waals surface area contributed by atoms with E-state index in [0.29, 0.717) is 28.8 Å². The molecule has 0 saturated carbocycles. The predicted octanol–water partition coefficient (Wildman–Crippen LogP) is 4.24. The molecule has 1 heterocycles. The lowest BCUT2D eigenvalue weighted by molar-refractivity contribution is -0.384. The van der Waals surface area contributed by atoms with E-state index < -0.39 is 10.8 Å². The van der Waals surface area contributed by atoms with Crippen LogP contribution < -0.4 is 10.6 Å². The van der Waals surface area contributed by atoms with Crippen LogP contribution in [0.15, 0.2) is 59.0 Å². The van der Waals surface area contributed by atoms with E-state index >= 15 is 0 Å². The number of carbonyl (C=O) groups excluding carboxylic acids is 1. The van der Waals surface area contributed by atoms with Gasteiger partial charge in [-0.2, -0.15) is 0 Å². The molecule has 0 fully saturated rings. The van der Waals surface area contributed by atoms with Crippen molar-refractivity contribution in [2.24, 2.45) is 5.73 Å². The maximum atomic E-state index is 11.4. The maximum Gasteiger partial charge on any atom is 0.293 e. The Morgan fingerprint density at radius 3 is 2.52 bits per heavy atom. The number of nitrogens with zero attached hydrogens (tertiary/aromatic N) is 2. The van der Waals surface area contributed by atoms with Crippen molar-refractivity contribution in [2.75, 3.05) is 11.9 Å². The van der Waals surface area contributed by atoms with E-state index in [4.69, 9.17) is 21.8 Å². The van der Waals surface area contributed by atoms with Crippen LogP contribution in [0.2, 0.25) is 5.02 Å². The van der Waals surface area contributed by atoms with Crippen molar-refractivity contribution in [2.45, 2.75) is 6.54 Å². The second-order valence-electron chi connectivity index (χ2n) is 5.95. The summed E-state index contributed by atoms with van der Waals surface area (Å²) >= 11 is 5.89. The first kappa shape index (κ1) is 18.5. The van der Waals surface area contributed by atoms with Gasteiger partial charge >= 0.3 is 0 Å². The van der Waals surface area contributed by atoms with Gasteiger partial charge in [0.15, 0.2) is 0 Å². The van der Waals surface area contributed by atoms with Crippen molar-refractivity contribution < 1.29 is 14.1 Å². The summed E-state index contributed by atoms with van der Waals surface area (Å²) in [6.45, 7) is 0.310. The lowest BCUT2D eigenvalue weighted by atomic mass is 10.1. The Morgan fingerprint density at radius 2 is 1.89 bits per heavy atom. The number of benzene rings is 2. The molecule has 0 aliphatic heterocycles. The van der Waals surface area contributed by atoms with Crippen LogP contribution in [0.25, 0.3) is 11.3 Å². The summed E-state index contributed by atoms with van der Waals surface area (Å²) < 4.78 is 5.84. The molecule has 2 aromatic carbocycles. The molecule has 138 valence electrons. The molecule has 0 aliphatic carbocycles. The largest absolute Gasteiger partial charge is 0.459 e. The van der Waals surface area contributed by atoms with Gasteiger partial charge in [-0.3, -0.25) is 14.9 Å². The molecule has 0 atom stereocenters. The Bertz CT molecular complexity index is 998. The molecule has 0 bridgehead atoms. The third-order valence-electron chi connectivity index (χ3n) is 4.05.